The monoisotopic (exact) mass is 318 g/mol. The predicted octanol–water partition coefficient (Wildman–Crippen LogP) is 2.45. The zero-order valence-corrected chi connectivity index (χ0v) is 13.6. The molecule has 1 N–H and O–H groups in total. The maximum absolute atomic E-state index is 12.1. The molecule has 22 heavy (non-hydrogen) atoms. The molecule has 116 valence electrons. The molecule has 2 heterocycles. The summed E-state index contributed by atoms with van der Waals surface area (Å²) in [5, 5.41) is 1.24. The van der Waals surface area contributed by atoms with Gasteiger partial charge in [0.25, 0.3) is 5.56 Å². The van der Waals surface area contributed by atoms with Crippen molar-refractivity contribution in [1.29, 1.82) is 0 Å². The minimum atomic E-state index is -0.298. The topological polar surface area (TPSA) is 54.5 Å². The third kappa shape index (κ3) is 3.39. The number of nitrogens with one attached hydrogen (secondary N) is 1. The van der Waals surface area contributed by atoms with E-state index < -0.39 is 0 Å². The van der Waals surface area contributed by atoms with Crippen LogP contribution in [-0.2, 0) is 0 Å². The number of pyridine rings is 1. The Labute approximate surface area is 134 Å². The lowest BCUT2D eigenvalue weighted by molar-refractivity contribution is 0.415. The van der Waals surface area contributed by atoms with E-state index in [0.717, 1.165) is 17.0 Å². The van der Waals surface area contributed by atoms with Gasteiger partial charge in [-0.05, 0) is 35.9 Å². The zero-order valence-electron chi connectivity index (χ0n) is 12.9. The van der Waals surface area contributed by atoms with Gasteiger partial charge in [0.15, 0.2) is 0 Å². The van der Waals surface area contributed by atoms with Gasteiger partial charge >= 0.3 is 0 Å². The molecule has 5 heteroatoms. The number of aromatic nitrogens is 1. The molecule has 3 rings (SSSR count). The lowest BCUT2D eigenvalue weighted by Gasteiger charge is -2.07. The van der Waals surface area contributed by atoms with E-state index in [4.69, 9.17) is 16.3 Å². The zero-order chi connectivity index (χ0) is 16.1. The molecule has 0 saturated carbocycles. The average Bonchev–Trinajstić information content (AvgIpc) is 2.56. The van der Waals surface area contributed by atoms with Crippen LogP contribution in [0, 0.1) is 0 Å². The summed E-state index contributed by atoms with van der Waals surface area (Å²) in [6.45, 7) is 4.00. The fourth-order valence-electron chi connectivity index (χ4n) is 2.21. The van der Waals surface area contributed by atoms with E-state index in [1.165, 1.54) is 0 Å². The molecule has 1 unspecified atom stereocenters. The Bertz CT molecular complexity index is 810. The van der Waals surface area contributed by atoms with Crippen LogP contribution in [0.2, 0.25) is 0 Å². The summed E-state index contributed by atoms with van der Waals surface area (Å²) in [6.07, 6.45) is 2.41. The number of halogens is 1. The first kappa shape index (κ1) is 16.3. The van der Waals surface area contributed by atoms with E-state index in [9.17, 15) is 4.79 Å². The first-order chi connectivity index (χ1) is 10.7. The summed E-state index contributed by atoms with van der Waals surface area (Å²) in [6, 6.07) is 9.33. The molecule has 0 spiro atoms. The number of ether oxygens (including phenoxy) is 1. The van der Waals surface area contributed by atoms with Gasteiger partial charge in [-0.25, -0.2) is 0 Å². The second kappa shape index (κ2) is 7.27. The minimum Gasteiger partial charge on any atom is -0.497 e. The number of aromatic amines is 1. The van der Waals surface area contributed by atoms with Crippen molar-refractivity contribution in [2.75, 3.05) is 7.11 Å². The van der Waals surface area contributed by atoms with Crippen LogP contribution in [0.4, 0.5) is 0 Å². The Morgan fingerprint density at radius 2 is 1.95 bits per heavy atom. The van der Waals surface area contributed by atoms with Crippen molar-refractivity contribution in [3.63, 3.8) is 0 Å². The highest BCUT2D eigenvalue weighted by Crippen LogP contribution is 2.18. The van der Waals surface area contributed by atoms with E-state index in [1.54, 1.807) is 7.11 Å². The van der Waals surface area contributed by atoms with Gasteiger partial charge in [0.05, 0.1) is 23.4 Å². The number of benzene rings is 1. The Morgan fingerprint density at radius 1 is 1.27 bits per heavy atom. The maximum atomic E-state index is 12.1. The highest BCUT2D eigenvalue weighted by atomic mass is 35.5. The number of hydrogen-bond donors (Lipinski definition) is 1. The van der Waals surface area contributed by atoms with Crippen molar-refractivity contribution in [3.05, 3.63) is 51.3 Å². The molecule has 0 saturated heterocycles. The molecule has 4 nitrogen and oxygen atoms in total. The lowest BCUT2D eigenvalue weighted by atomic mass is 10.1. The summed E-state index contributed by atoms with van der Waals surface area (Å²) >= 11 is 6.01. The third-order valence-electron chi connectivity index (χ3n) is 3.25. The number of alkyl halides is 1. The van der Waals surface area contributed by atoms with Crippen LogP contribution < -0.4 is 20.9 Å². The number of rotatable bonds is 2. The number of fused-ring (bicyclic) bond motifs is 1. The molecule has 2 aromatic rings. The summed E-state index contributed by atoms with van der Waals surface area (Å²) in [4.78, 5) is 19.3. The van der Waals surface area contributed by atoms with Crippen molar-refractivity contribution in [3.8, 4) is 17.0 Å². The lowest BCUT2D eigenvalue weighted by Crippen LogP contribution is -2.43. The Hall–Kier alpha value is -2.07. The molecule has 0 radical (unpaired) electrons. The van der Waals surface area contributed by atoms with E-state index in [2.05, 4.69) is 9.98 Å². The average molecular weight is 319 g/mol. The van der Waals surface area contributed by atoms with Gasteiger partial charge in [-0.15, -0.1) is 0 Å². The van der Waals surface area contributed by atoms with Gasteiger partial charge in [0.1, 0.15) is 11.3 Å². The van der Waals surface area contributed by atoms with Gasteiger partial charge in [0.2, 0.25) is 0 Å². The summed E-state index contributed by atoms with van der Waals surface area (Å²) < 4.78 is 5.12. The number of nitrogens with zero attached hydrogens (tertiary/aromatic N) is 1. The van der Waals surface area contributed by atoms with E-state index in [1.807, 2.05) is 50.3 Å². The van der Waals surface area contributed by atoms with Crippen molar-refractivity contribution >= 4 is 17.7 Å². The Balaban J connectivity index is 0.000000847. The minimum absolute atomic E-state index is 0.138. The van der Waals surface area contributed by atoms with Crippen LogP contribution in [0.15, 0.2) is 40.1 Å². The first-order valence-corrected chi connectivity index (χ1v) is 7.71. The molecule has 1 aliphatic heterocycles. The maximum Gasteiger partial charge on any atom is 0.257 e. The van der Waals surface area contributed by atoms with Gasteiger partial charge in [-0.1, -0.05) is 31.5 Å². The van der Waals surface area contributed by atoms with Crippen LogP contribution >= 0.6 is 11.6 Å². The molecule has 0 fully saturated rings. The van der Waals surface area contributed by atoms with Crippen LogP contribution in [0.1, 0.15) is 20.3 Å². The fraction of sp³-hybridized carbons (Fsp3) is 0.294. The molecule has 0 bridgehead atoms. The summed E-state index contributed by atoms with van der Waals surface area (Å²) in [5.74, 6) is 0.771. The van der Waals surface area contributed by atoms with Crippen molar-refractivity contribution in [2.45, 2.75) is 25.8 Å². The fourth-order valence-corrected chi connectivity index (χ4v) is 2.40. The van der Waals surface area contributed by atoms with Gasteiger partial charge in [-0.2, -0.15) is 0 Å². The quantitative estimate of drug-likeness (QED) is 0.683. The molecule has 1 aromatic carbocycles. The normalized spacial score (nSPS) is 15.5. The molecular formula is C17H19ClN2O2. The Kier molecular flexibility index (Phi) is 5.39. The largest absolute Gasteiger partial charge is 0.497 e. The smallest absolute Gasteiger partial charge is 0.257 e. The third-order valence-corrected chi connectivity index (χ3v) is 3.52. The number of H-pyrrole nitrogens is 1. The first-order valence-electron chi connectivity index (χ1n) is 7.27. The van der Waals surface area contributed by atoms with Crippen molar-refractivity contribution < 1.29 is 4.74 Å². The van der Waals surface area contributed by atoms with Crippen LogP contribution in [0.5, 0.6) is 5.75 Å². The van der Waals surface area contributed by atoms with Crippen molar-refractivity contribution in [2.24, 2.45) is 4.99 Å². The van der Waals surface area contributed by atoms with E-state index >= 15 is 0 Å². The molecule has 0 amide bonds. The molecule has 1 aromatic heterocycles. The molecule has 1 aliphatic rings. The van der Waals surface area contributed by atoms with Crippen LogP contribution in [0.3, 0.4) is 0 Å². The summed E-state index contributed by atoms with van der Waals surface area (Å²) in [5.41, 5.74) is 1.19. The van der Waals surface area contributed by atoms with E-state index in [-0.39, 0.29) is 11.1 Å². The van der Waals surface area contributed by atoms with Gasteiger partial charge < -0.3 is 9.72 Å². The summed E-state index contributed by atoms with van der Waals surface area (Å²) in [7, 11) is 1.62. The van der Waals surface area contributed by atoms with Gasteiger partial charge in [-0.3, -0.25) is 9.79 Å². The SMILES string of the molecule is CC.COc1ccc(-c2cc3c(c(=O)[nH]2)=CCC(Cl)N=3)cc1. The number of hydrogen-bond acceptors (Lipinski definition) is 3. The molecule has 0 aliphatic carbocycles. The highest BCUT2D eigenvalue weighted by Gasteiger charge is 2.09. The molecule has 1 atom stereocenters. The standard InChI is InChI=1S/C15H13ClN2O2.C2H6/c1-20-10-4-2-9(3-5-10)12-8-13-11(15(19)18-12)6-7-14(16)17-13;1-2/h2-6,8,14H,7H2,1H3,(H,18,19);1-2H3. The van der Waals surface area contributed by atoms with Crippen LogP contribution in [0.25, 0.3) is 17.3 Å². The molecular weight excluding hydrogens is 300 g/mol. The van der Waals surface area contributed by atoms with Crippen molar-refractivity contribution in [1.82, 2.24) is 4.98 Å². The second-order valence-electron chi connectivity index (χ2n) is 4.54. The highest BCUT2D eigenvalue weighted by molar-refractivity contribution is 6.20. The van der Waals surface area contributed by atoms with E-state index in [0.29, 0.717) is 17.0 Å². The van der Waals surface area contributed by atoms with Crippen LogP contribution in [-0.4, -0.2) is 17.6 Å². The Morgan fingerprint density at radius 3 is 2.59 bits per heavy atom. The second-order valence-corrected chi connectivity index (χ2v) is 5.05. The number of methoxy groups -OCH3 is 1. The predicted molar refractivity (Wildman–Crippen MR) is 89.9 cm³/mol. The van der Waals surface area contributed by atoms with Gasteiger partial charge in [0, 0.05) is 6.42 Å².